The Bertz CT molecular complexity index is 1110. The van der Waals surface area contributed by atoms with Crippen LogP contribution < -0.4 is 10.1 Å². The molecule has 186 valence electrons. The fraction of sp³-hybridized carbons (Fsp3) is 0.400. The second-order valence-electron chi connectivity index (χ2n) is 9.00. The van der Waals surface area contributed by atoms with Crippen LogP contribution in [0, 0.1) is 0 Å². The Morgan fingerprint density at radius 3 is 2.34 bits per heavy atom. The smallest absolute Gasteiger partial charge is 0.408 e. The minimum absolute atomic E-state index is 0.113. The summed E-state index contributed by atoms with van der Waals surface area (Å²) >= 11 is 0. The fourth-order valence-corrected chi connectivity index (χ4v) is 3.37. The van der Waals surface area contributed by atoms with E-state index < -0.39 is 24.1 Å². The van der Waals surface area contributed by atoms with Gasteiger partial charge in [-0.05, 0) is 61.4 Å². The molecule has 1 N–H and O–H groups in total. The zero-order chi connectivity index (χ0) is 25.4. The van der Waals surface area contributed by atoms with Crippen LogP contribution in [0.5, 0.6) is 5.75 Å². The highest BCUT2D eigenvalue weighted by Gasteiger charge is 2.28. The van der Waals surface area contributed by atoms with Crippen molar-refractivity contribution in [3.63, 3.8) is 0 Å². The standard InChI is InChI=1S/C25H31N5O5/c1-17(23(31)33-5)30-22(27-28-29-30)21(26-24(32)34-16-19-9-7-6-8-10-19)15-18-11-13-20(14-12-18)35-25(2,3)4/h6-14,17,21H,15-16H2,1-5H3,(H,26,32)/t17?,21-/m0/s1. The number of amides is 1. The van der Waals surface area contributed by atoms with Crippen molar-refractivity contribution in [3.8, 4) is 5.75 Å². The maximum Gasteiger partial charge on any atom is 0.408 e. The lowest BCUT2D eigenvalue weighted by molar-refractivity contribution is -0.144. The van der Waals surface area contributed by atoms with Gasteiger partial charge in [-0.15, -0.1) is 5.10 Å². The molecule has 0 bridgehead atoms. The molecule has 0 aliphatic rings. The summed E-state index contributed by atoms with van der Waals surface area (Å²) in [6.07, 6.45) is -0.281. The number of nitrogens with zero attached hydrogens (tertiary/aromatic N) is 4. The number of hydrogen-bond acceptors (Lipinski definition) is 8. The number of carbonyl (C=O) groups excluding carboxylic acids is 2. The molecule has 1 amide bonds. The third kappa shape index (κ3) is 7.53. The van der Waals surface area contributed by atoms with Gasteiger partial charge in [0, 0.05) is 6.42 Å². The van der Waals surface area contributed by atoms with E-state index in [2.05, 4.69) is 20.8 Å². The van der Waals surface area contributed by atoms with Gasteiger partial charge >= 0.3 is 12.1 Å². The summed E-state index contributed by atoms with van der Waals surface area (Å²) in [6.45, 7) is 7.66. The predicted octanol–water partition coefficient (Wildman–Crippen LogP) is 3.79. The van der Waals surface area contributed by atoms with Crippen LogP contribution in [-0.4, -0.2) is 45.0 Å². The molecule has 0 saturated carbocycles. The van der Waals surface area contributed by atoms with Gasteiger partial charge in [0.2, 0.25) is 0 Å². The van der Waals surface area contributed by atoms with Crippen molar-refractivity contribution in [1.82, 2.24) is 25.5 Å². The van der Waals surface area contributed by atoms with E-state index in [1.54, 1.807) is 6.92 Å². The average Bonchev–Trinajstić information content (AvgIpc) is 3.32. The van der Waals surface area contributed by atoms with Gasteiger partial charge in [0.05, 0.1) is 13.2 Å². The Kier molecular flexibility index (Phi) is 8.40. The molecule has 2 atom stereocenters. The topological polar surface area (TPSA) is 117 Å². The van der Waals surface area contributed by atoms with Crippen molar-refractivity contribution in [3.05, 3.63) is 71.5 Å². The summed E-state index contributed by atoms with van der Waals surface area (Å²) in [4.78, 5) is 24.8. The highest BCUT2D eigenvalue weighted by molar-refractivity contribution is 5.73. The molecule has 1 aromatic heterocycles. The van der Waals surface area contributed by atoms with Crippen LogP contribution >= 0.6 is 0 Å². The lowest BCUT2D eigenvalue weighted by Crippen LogP contribution is -2.34. The van der Waals surface area contributed by atoms with E-state index in [0.29, 0.717) is 12.2 Å². The highest BCUT2D eigenvalue weighted by atomic mass is 16.5. The summed E-state index contributed by atoms with van der Waals surface area (Å²) in [6, 6.07) is 15.5. The van der Waals surface area contributed by atoms with Gasteiger partial charge in [0.25, 0.3) is 0 Å². The summed E-state index contributed by atoms with van der Waals surface area (Å²) in [5, 5.41) is 14.6. The number of alkyl carbamates (subject to hydrolysis) is 1. The van der Waals surface area contributed by atoms with Crippen LogP contribution in [0.2, 0.25) is 0 Å². The first-order valence-electron chi connectivity index (χ1n) is 11.3. The number of nitrogens with one attached hydrogen (secondary N) is 1. The number of benzene rings is 2. The summed E-state index contributed by atoms with van der Waals surface area (Å²) < 4.78 is 17.4. The molecule has 0 aliphatic carbocycles. The van der Waals surface area contributed by atoms with Crippen molar-refractivity contribution in [2.75, 3.05) is 7.11 Å². The molecule has 35 heavy (non-hydrogen) atoms. The highest BCUT2D eigenvalue weighted by Crippen LogP contribution is 2.23. The first-order valence-corrected chi connectivity index (χ1v) is 11.3. The Labute approximate surface area is 204 Å². The first-order chi connectivity index (χ1) is 16.7. The molecule has 0 aliphatic heterocycles. The van der Waals surface area contributed by atoms with Crippen LogP contribution in [0.4, 0.5) is 4.79 Å². The van der Waals surface area contributed by atoms with E-state index in [4.69, 9.17) is 14.2 Å². The minimum atomic E-state index is -0.780. The lowest BCUT2D eigenvalue weighted by Gasteiger charge is -2.22. The van der Waals surface area contributed by atoms with E-state index >= 15 is 0 Å². The van der Waals surface area contributed by atoms with E-state index in [1.165, 1.54) is 11.8 Å². The monoisotopic (exact) mass is 481 g/mol. The Morgan fingerprint density at radius 2 is 1.71 bits per heavy atom. The second kappa shape index (κ2) is 11.5. The number of tetrazole rings is 1. The lowest BCUT2D eigenvalue weighted by atomic mass is 10.0. The normalized spacial score (nSPS) is 12.9. The van der Waals surface area contributed by atoms with E-state index in [0.717, 1.165) is 16.9 Å². The zero-order valence-electron chi connectivity index (χ0n) is 20.6. The molecule has 2 aromatic carbocycles. The van der Waals surface area contributed by atoms with Gasteiger partial charge in [-0.1, -0.05) is 42.5 Å². The number of esters is 1. The molecule has 0 fully saturated rings. The van der Waals surface area contributed by atoms with Gasteiger partial charge in [-0.2, -0.15) is 0 Å². The van der Waals surface area contributed by atoms with E-state index in [-0.39, 0.29) is 12.2 Å². The van der Waals surface area contributed by atoms with Crippen molar-refractivity contribution in [1.29, 1.82) is 0 Å². The average molecular weight is 482 g/mol. The Hall–Kier alpha value is -3.95. The molecule has 0 saturated heterocycles. The second-order valence-corrected chi connectivity index (χ2v) is 9.00. The molecule has 10 heteroatoms. The van der Waals surface area contributed by atoms with Crippen molar-refractivity contribution >= 4 is 12.1 Å². The van der Waals surface area contributed by atoms with Crippen LogP contribution in [0.1, 0.15) is 56.7 Å². The third-order valence-corrected chi connectivity index (χ3v) is 5.03. The van der Waals surface area contributed by atoms with Crippen molar-refractivity contribution in [2.24, 2.45) is 0 Å². The molecular formula is C25H31N5O5. The maximum absolute atomic E-state index is 12.7. The summed E-state index contributed by atoms with van der Waals surface area (Å²) in [5.74, 6) is 0.527. The van der Waals surface area contributed by atoms with E-state index in [9.17, 15) is 9.59 Å². The quantitative estimate of drug-likeness (QED) is 0.459. The van der Waals surface area contributed by atoms with Gasteiger partial charge in [0.15, 0.2) is 11.9 Å². The Morgan fingerprint density at radius 1 is 1.03 bits per heavy atom. The number of rotatable bonds is 9. The minimum Gasteiger partial charge on any atom is -0.488 e. The molecule has 10 nitrogen and oxygen atoms in total. The third-order valence-electron chi connectivity index (χ3n) is 5.03. The van der Waals surface area contributed by atoms with Gasteiger partial charge in [-0.3, -0.25) is 0 Å². The van der Waals surface area contributed by atoms with Gasteiger partial charge in [-0.25, -0.2) is 14.3 Å². The number of aromatic nitrogens is 4. The summed E-state index contributed by atoms with van der Waals surface area (Å²) in [5.41, 5.74) is 1.44. The molecule has 0 spiro atoms. The largest absolute Gasteiger partial charge is 0.488 e. The maximum atomic E-state index is 12.7. The van der Waals surface area contributed by atoms with E-state index in [1.807, 2.05) is 75.4 Å². The zero-order valence-corrected chi connectivity index (χ0v) is 20.6. The summed E-state index contributed by atoms with van der Waals surface area (Å²) in [7, 11) is 1.29. The number of methoxy groups -OCH3 is 1. The number of ether oxygens (including phenoxy) is 3. The SMILES string of the molecule is COC(=O)C(C)n1nnnc1[C@H](Cc1ccc(OC(C)(C)C)cc1)NC(=O)OCc1ccccc1. The van der Waals surface area contributed by atoms with Crippen molar-refractivity contribution in [2.45, 2.75) is 58.4 Å². The molecule has 1 heterocycles. The van der Waals surface area contributed by atoms with Crippen LogP contribution in [0.3, 0.4) is 0 Å². The van der Waals surface area contributed by atoms with Crippen LogP contribution in [-0.2, 0) is 27.3 Å². The van der Waals surface area contributed by atoms with Crippen LogP contribution in [0.25, 0.3) is 0 Å². The predicted molar refractivity (Wildman–Crippen MR) is 128 cm³/mol. The first kappa shape index (κ1) is 25.7. The molecule has 0 radical (unpaired) electrons. The Balaban J connectivity index is 1.80. The molecule has 3 aromatic rings. The fourth-order valence-electron chi connectivity index (χ4n) is 3.37. The van der Waals surface area contributed by atoms with Crippen molar-refractivity contribution < 1.29 is 23.8 Å². The molecular weight excluding hydrogens is 450 g/mol. The molecule has 3 rings (SSSR count). The van der Waals surface area contributed by atoms with Crippen LogP contribution in [0.15, 0.2) is 54.6 Å². The number of carbonyl (C=O) groups is 2. The van der Waals surface area contributed by atoms with Gasteiger partial charge < -0.3 is 19.5 Å². The molecule has 1 unspecified atom stereocenters. The number of hydrogen-bond donors (Lipinski definition) is 1. The van der Waals surface area contributed by atoms with Gasteiger partial charge in [0.1, 0.15) is 18.0 Å².